The van der Waals surface area contributed by atoms with Crippen molar-refractivity contribution < 1.29 is 14.3 Å². The average molecular weight is 320 g/mol. The topological polar surface area (TPSA) is 90.5 Å². The molecule has 0 radical (unpaired) electrons. The maximum Gasteiger partial charge on any atom is 0.248 e. The number of amides is 2. The van der Waals surface area contributed by atoms with Gasteiger partial charge in [0.25, 0.3) is 0 Å². The number of ether oxygens (including phenoxy) is 1. The van der Waals surface area contributed by atoms with Gasteiger partial charge in [0, 0.05) is 44.7 Å². The average Bonchev–Trinajstić information content (AvgIpc) is 2.96. The lowest BCUT2D eigenvalue weighted by Crippen LogP contribution is -2.54. The van der Waals surface area contributed by atoms with Gasteiger partial charge in [0.15, 0.2) is 6.10 Å². The summed E-state index contributed by atoms with van der Waals surface area (Å²) in [7, 11) is 0. The van der Waals surface area contributed by atoms with E-state index in [1.807, 2.05) is 29.5 Å². The molecular formula is C16H24N4O3. The highest BCUT2D eigenvalue weighted by molar-refractivity contribution is 5.79. The Morgan fingerprint density at radius 2 is 2.13 bits per heavy atom. The molecule has 7 heteroatoms. The first-order valence-electron chi connectivity index (χ1n) is 8.18. The smallest absolute Gasteiger partial charge is 0.248 e. The van der Waals surface area contributed by atoms with Gasteiger partial charge in [0.2, 0.25) is 11.8 Å². The fraction of sp³-hybridized carbons (Fsp3) is 0.688. The second-order valence-electron chi connectivity index (χ2n) is 6.89. The highest BCUT2D eigenvalue weighted by Crippen LogP contribution is 2.40. The number of nitrogens with zero attached hydrogens (tertiary/aromatic N) is 3. The number of carbonyl (C=O) groups is 2. The third kappa shape index (κ3) is 2.97. The van der Waals surface area contributed by atoms with E-state index < -0.39 is 17.6 Å². The molecule has 1 saturated heterocycles. The van der Waals surface area contributed by atoms with Gasteiger partial charge in [0.1, 0.15) is 11.4 Å². The second-order valence-corrected chi connectivity index (χ2v) is 6.89. The normalized spacial score (nSPS) is 23.1. The number of piperidine rings is 1. The maximum atomic E-state index is 12.2. The van der Waals surface area contributed by atoms with Crippen molar-refractivity contribution in [1.29, 1.82) is 0 Å². The van der Waals surface area contributed by atoms with E-state index in [1.165, 1.54) is 0 Å². The van der Waals surface area contributed by atoms with Crippen LogP contribution in [0, 0.1) is 5.92 Å². The summed E-state index contributed by atoms with van der Waals surface area (Å²) in [5.41, 5.74) is 4.84. The minimum absolute atomic E-state index is 0.181. The summed E-state index contributed by atoms with van der Waals surface area (Å²) < 4.78 is 8.02. The lowest BCUT2D eigenvalue weighted by atomic mass is 9.88. The lowest BCUT2D eigenvalue weighted by molar-refractivity contribution is -0.174. The fourth-order valence-corrected chi connectivity index (χ4v) is 3.48. The van der Waals surface area contributed by atoms with Crippen molar-refractivity contribution in [2.45, 2.75) is 51.4 Å². The SMILES string of the molecule is CC(C)CC(=O)N1CCC2(CC1)OC(C(N)=O)Cn1ccnc12. The predicted molar refractivity (Wildman–Crippen MR) is 83.2 cm³/mol. The van der Waals surface area contributed by atoms with Crippen molar-refractivity contribution in [2.24, 2.45) is 11.7 Å². The van der Waals surface area contributed by atoms with Crippen LogP contribution in [0.25, 0.3) is 0 Å². The molecule has 0 saturated carbocycles. The van der Waals surface area contributed by atoms with Crippen LogP contribution in [0.5, 0.6) is 0 Å². The van der Waals surface area contributed by atoms with E-state index in [1.54, 1.807) is 6.20 Å². The van der Waals surface area contributed by atoms with Gasteiger partial charge >= 0.3 is 0 Å². The Kier molecular flexibility index (Phi) is 4.14. The van der Waals surface area contributed by atoms with Gasteiger partial charge in [-0.1, -0.05) is 13.8 Å². The third-order valence-electron chi connectivity index (χ3n) is 4.68. The summed E-state index contributed by atoms with van der Waals surface area (Å²) in [5.74, 6) is 0.913. The highest BCUT2D eigenvalue weighted by atomic mass is 16.5. The molecular weight excluding hydrogens is 296 g/mol. The van der Waals surface area contributed by atoms with E-state index in [0.717, 1.165) is 5.82 Å². The second kappa shape index (κ2) is 5.96. The van der Waals surface area contributed by atoms with Crippen LogP contribution >= 0.6 is 0 Å². The van der Waals surface area contributed by atoms with Gasteiger partial charge in [-0.15, -0.1) is 0 Å². The van der Waals surface area contributed by atoms with Crippen molar-refractivity contribution >= 4 is 11.8 Å². The van der Waals surface area contributed by atoms with Crippen molar-refractivity contribution in [1.82, 2.24) is 14.5 Å². The van der Waals surface area contributed by atoms with Crippen LogP contribution in [0.15, 0.2) is 12.4 Å². The molecule has 1 unspecified atom stereocenters. The van der Waals surface area contributed by atoms with Gasteiger partial charge < -0.3 is 19.9 Å². The fourth-order valence-electron chi connectivity index (χ4n) is 3.48. The maximum absolute atomic E-state index is 12.2. The van der Waals surface area contributed by atoms with Crippen molar-refractivity contribution in [3.8, 4) is 0 Å². The molecule has 0 bridgehead atoms. The van der Waals surface area contributed by atoms with Crippen molar-refractivity contribution in [3.05, 3.63) is 18.2 Å². The minimum Gasteiger partial charge on any atom is -0.367 e. The summed E-state index contributed by atoms with van der Waals surface area (Å²) in [6.45, 7) is 5.72. The number of likely N-dealkylation sites (tertiary alicyclic amines) is 1. The molecule has 2 amide bonds. The van der Waals surface area contributed by atoms with Gasteiger partial charge in [-0.2, -0.15) is 0 Å². The van der Waals surface area contributed by atoms with Crippen LogP contribution in [-0.4, -0.2) is 45.5 Å². The first-order chi connectivity index (χ1) is 10.9. The predicted octanol–water partition coefficient (Wildman–Crippen LogP) is 0.631. The van der Waals surface area contributed by atoms with Crippen LogP contribution in [0.1, 0.15) is 38.9 Å². The van der Waals surface area contributed by atoms with Crippen LogP contribution in [0.2, 0.25) is 0 Å². The molecule has 0 aliphatic carbocycles. The number of hydrogen-bond acceptors (Lipinski definition) is 4. The lowest BCUT2D eigenvalue weighted by Gasteiger charge is -2.45. The first kappa shape index (κ1) is 16.0. The van der Waals surface area contributed by atoms with Crippen molar-refractivity contribution in [3.63, 3.8) is 0 Å². The van der Waals surface area contributed by atoms with Crippen LogP contribution < -0.4 is 5.73 Å². The number of fused-ring (bicyclic) bond motifs is 2. The first-order valence-corrected chi connectivity index (χ1v) is 8.18. The highest BCUT2D eigenvalue weighted by Gasteiger charge is 2.47. The van der Waals surface area contributed by atoms with E-state index in [9.17, 15) is 9.59 Å². The van der Waals surface area contributed by atoms with E-state index >= 15 is 0 Å². The molecule has 1 aromatic rings. The van der Waals surface area contributed by atoms with Crippen LogP contribution in [0.4, 0.5) is 0 Å². The molecule has 3 rings (SSSR count). The molecule has 1 aromatic heterocycles. The summed E-state index contributed by atoms with van der Waals surface area (Å²) in [5, 5.41) is 0. The van der Waals surface area contributed by atoms with E-state index in [4.69, 9.17) is 10.5 Å². The van der Waals surface area contributed by atoms with E-state index in [0.29, 0.717) is 44.8 Å². The number of hydrogen-bond donors (Lipinski definition) is 1. The van der Waals surface area contributed by atoms with E-state index in [2.05, 4.69) is 4.98 Å². The molecule has 126 valence electrons. The van der Waals surface area contributed by atoms with Gasteiger partial charge in [0.05, 0.1) is 6.54 Å². The Bertz CT molecular complexity index is 602. The van der Waals surface area contributed by atoms with Gasteiger partial charge in [-0.05, 0) is 5.92 Å². The van der Waals surface area contributed by atoms with Crippen LogP contribution in [-0.2, 0) is 26.5 Å². The van der Waals surface area contributed by atoms with Crippen molar-refractivity contribution in [2.75, 3.05) is 13.1 Å². The molecule has 1 fully saturated rings. The zero-order chi connectivity index (χ0) is 16.6. The molecule has 23 heavy (non-hydrogen) atoms. The third-order valence-corrected chi connectivity index (χ3v) is 4.68. The molecule has 1 atom stereocenters. The zero-order valence-corrected chi connectivity index (χ0v) is 13.7. The summed E-state index contributed by atoms with van der Waals surface area (Å²) in [6, 6.07) is 0. The van der Waals surface area contributed by atoms with E-state index in [-0.39, 0.29) is 5.91 Å². The van der Waals surface area contributed by atoms with Crippen LogP contribution in [0.3, 0.4) is 0 Å². The summed E-state index contributed by atoms with van der Waals surface area (Å²) in [6.07, 6.45) is 4.77. The molecule has 3 heterocycles. The standard InChI is InChI=1S/C16H24N4O3/c1-11(2)9-13(21)19-6-3-16(4-7-19)15-18-5-8-20(15)10-12(23-16)14(17)22/h5,8,11-12H,3-4,6-7,9-10H2,1-2H3,(H2,17,22). The Hall–Kier alpha value is -1.89. The number of rotatable bonds is 3. The number of aromatic nitrogens is 2. The Labute approximate surface area is 135 Å². The molecule has 1 spiro atoms. The van der Waals surface area contributed by atoms with Gasteiger partial charge in [-0.25, -0.2) is 4.98 Å². The summed E-state index contributed by atoms with van der Waals surface area (Å²) in [4.78, 5) is 30.2. The zero-order valence-electron chi connectivity index (χ0n) is 13.7. The molecule has 0 aromatic carbocycles. The molecule has 2 N–H and O–H groups in total. The van der Waals surface area contributed by atoms with Gasteiger partial charge in [-0.3, -0.25) is 9.59 Å². The Morgan fingerprint density at radius 1 is 1.43 bits per heavy atom. The molecule has 2 aliphatic heterocycles. The Morgan fingerprint density at radius 3 is 2.74 bits per heavy atom. The largest absolute Gasteiger partial charge is 0.367 e. The monoisotopic (exact) mass is 320 g/mol. The quantitative estimate of drug-likeness (QED) is 0.884. The minimum atomic E-state index is -0.644. The number of primary amides is 1. The number of carbonyl (C=O) groups excluding carboxylic acids is 2. The number of imidazole rings is 1. The Balaban J connectivity index is 1.76. The molecule has 7 nitrogen and oxygen atoms in total. The molecule has 2 aliphatic rings. The number of nitrogens with two attached hydrogens (primary N) is 1. The summed E-state index contributed by atoms with van der Waals surface area (Å²) >= 11 is 0.